The molecule has 0 spiro atoms. The summed E-state index contributed by atoms with van der Waals surface area (Å²) in [4.78, 5) is 3.92. The van der Waals surface area contributed by atoms with Gasteiger partial charge < -0.3 is 14.2 Å². The zero-order chi connectivity index (χ0) is 7.23. The molecule has 4 heteroatoms. The van der Waals surface area contributed by atoms with E-state index >= 15 is 0 Å². The van der Waals surface area contributed by atoms with Gasteiger partial charge in [-0.25, -0.2) is 4.99 Å². The molecule has 58 valence electrons. The summed E-state index contributed by atoms with van der Waals surface area (Å²) < 4.78 is 14.8. The fourth-order valence-corrected chi connectivity index (χ4v) is 0.615. The number of rotatable bonds is 3. The van der Waals surface area contributed by atoms with Crippen LogP contribution in [0.25, 0.3) is 0 Å². The second-order valence-electron chi connectivity index (χ2n) is 1.84. The van der Waals surface area contributed by atoms with Gasteiger partial charge in [0.25, 0.3) is 0 Å². The molecule has 0 saturated carbocycles. The third-order valence-corrected chi connectivity index (χ3v) is 1.07. The van der Waals surface area contributed by atoms with E-state index < -0.39 is 0 Å². The predicted octanol–water partition coefficient (Wildman–Crippen LogP) is 0.0356. The molecule has 0 saturated heterocycles. The maximum absolute atomic E-state index is 5.05. The molecule has 0 aromatic rings. The third kappa shape index (κ3) is 2.23. The minimum atomic E-state index is 0.400. The van der Waals surface area contributed by atoms with E-state index in [2.05, 4.69) is 4.99 Å². The summed E-state index contributed by atoms with van der Waals surface area (Å²) >= 11 is 0. The van der Waals surface area contributed by atoms with Crippen LogP contribution in [0.2, 0.25) is 0 Å². The topological polar surface area (TPSA) is 40.0 Å². The van der Waals surface area contributed by atoms with Gasteiger partial charge in [-0.05, 0) is 0 Å². The number of methoxy groups -OCH3 is 1. The third-order valence-electron chi connectivity index (χ3n) is 1.07. The normalized spacial score (nSPS) is 16.3. The molecule has 0 radical (unpaired) electrons. The van der Waals surface area contributed by atoms with Gasteiger partial charge in [-0.2, -0.15) is 0 Å². The Bertz CT molecular complexity index is 124. The van der Waals surface area contributed by atoms with Crippen LogP contribution in [0.4, 0.5) is 0 Å². The predicted molar refractivity (Wildman–Crippen MR) is 36.1 cm³/mol. The summed E-state index contributed by atoms with van der Waals surface area (Å²) in [6.07, 6.45) is 0.400. The molecule has 1 aliphatic rings. The van der Waals surface area contributed by atoms with Crippen LogP contribution in [0, 0.1) is 0 Å². The maximum atomic E-state index is 5.05. The van der Waals surface area contributed by atoms with Crippen LogP contribution < -0.4 is 0 Å². The molecule has 10 heavy (non-hydrogen) atoms. The summed E-state index contributed by atoms with van der Waals surface area (Å²) in [6.45, 7) is 2.43. The van der Waals surface area contributed by atoms with Crippen molar-refractivity contribution in [1.29, 1.82) is 0 Å². The van der Waals surface area contributed by atoms with E-state index in [1.165, 1.54) is 0 Å². The minimum absolute atomic E-state index is 0.400. The second kappa shape index (κ2) is 4.11. The van der Waals surface area contributed by atoms with Gasteiger partial charge in [-0.1, -0.05) is 0 Å². The largest absolute Gasteiger partial charge is 0.449 e. The lowest BCUT2D eigenvalue weighted by molar-refractivity contribution is 0.114. The molecule has 0 unspecified atom stereocenters. The van der Waals surface area contributed by atoms with E-state index in [-0.39, 0.29) is 0 Å². The highest BCUT2D eigenvalue weighted by molar-refractivity contribution is 5.68. The van der Waals surface area contributed by atoms with Crippen molar-refractivity contribution in [3.05, 3.63) is 0 Å². The number of nitrogens with zero attached hydrogens (tertiary/aromatic N) is 1. The average molecular weight is 145 g/mol. The van der Waals surface area contributed by atoms with Crippen LogP contribution in [-0.2, 0) is 14.2 Å². The van der Waals surface area contributed by atoms with Gasteiger partial charge in [0.15, 0.2) is 0 Å². The van der Waals surface area contributed by atoms with Crippen molar-refractivity contribution in [3.63, 3.8) is 0 Å². The molecule has 0 aliphatic carbocycles. The van der Waals surface area contributed by atoms with Crippen molar-refractivity contribution in [2.75, 3.05) is 33.5 Å². The number of hydrogen-bond donors (Lipinski definition) is 0. The van der Waals surface area contributed by atoms with Crippen LogP contribution in [0.5, 0.6) is 0 Å². The SMILES string of the molecule is COCCOC1=NCCO1. The summed E-state index contributed by atoms with van der Waals surface area (Å²) in [5.41, 5.74) is 0. The highest BCUT2D eigenvalue weighted by Gasteiger charge is 2.06. The number of aliphatic imine (C=N–C) groups is 1. The van der Waals surface area contributed by atoms with E-state index in [9.17, 15) is 0 Å². The number of ether oxygens (including phenoxy) is 3. The van der Waals surface area contributed by atoms with Gasteiger partial charge in [0.2, 0.25) is 0 Å². The van der Waals surface area contributed by atoms with Gasteiger partial charge in [-0.15, -0.1) is 0 Å². The molecule has 4 nitrogen and oxygen atoms in total. The zero-order valence-electron chi connectivity index (χ0n) is 6.00. The quantitative estimate of drug-likeness (QED) is 0.526. The van der Waals surface area contributed by atoms with E-state index in [0.29, 0.717) is 32.4 Å². The molecule has 1 aliphatic heterocycles. The molecule has 1 rings (SSSR count). The first-order valence-corrected chi connectivity index (χ1v) is 3.22. The first kappa shape index (κ1) is 7.34. The van der Waals surface area contributed by atoms with Crippen LogP contribution in [0.3, 0.4) is 0 Å². The minimum Gasteiger partial charge on any atom is -0.449 e. The van der Waals surface area contributed by atoms with Crippen LogP contribution in [-0.4, -0.2) is 39.6 Å². The molecule has 0 atom stereocenters. The van der Waals surface area contributed by atoms with Gasteiger partial charge in [-0.3, -0.25) is 0 Å². The van der Waals surface area contributed by atoms with E-state index in [0.717, 1.165) is 0 Å². The maximum Gasteiger partial charge on any atom is 0.383 e. The lowest BCUT2D eigenvalue weighted by atomic mass is 10.8. The van der Waals surface area contributed by atoms with Crippen molar-refractivity contribution >= 4 is 6.08 Å². The fraction of sp³-hybridized carbons (Fsp3) is 0.833. The van der Waals surface area contributed by atoms with Gasteiger partial charge in [0, 0.05) is 7.11 Å². The Balaban J connectivity index is 2.01. The first-order chi connectivity index (χ1) is 4.93. The number of hydrogen-bond acceptors (Lipinski definition) is 4. The highest BCUT2D eigenvalue weighted by Crippen LogP contribution is 1.94. The van der Waals surface area contributed by atoms with Crippen molar-refractivity contribution in [1.82, 2.24) is 0 Å². The van der Waals surface area contributed by atoms with Crippen LogP contribution in [0.15, 0.2) is 4.99 Å². The lowest BCUT2D eigenvalue weighted by Crippen LogP contribution is -2.09. The van der Waals surface area contributed by atoms with Crippen molar-refractivity contribution < 1.29 is 14.2 Å². The molecular weight excluding hydrogens is 134 g/mol. The Kier molecular flexibility index (Phi) is 3.02. The summed E-state index contributed by atoms with van der Waals surface area (Å²) in [5.74, 6) is 0. The van der Waals surface area contributed by atoms with Gasteiger partial charge >= 0.3 is 6.08 Å². The van der Waals surface area contributed by atoms with Crippen molar-refractivity contribution in [2.24, 2.45) is 4.99 Å². The van der Waals surface area contributed by atoms with Crippen molar-refractivity contribution in [3.8, 4) is 0 Å². The summed E-state index contributed by atoms with van der Waals surface area (Å²) in [6, 6.07) is 0. The van der Waals surface area contributed by atoms with Gasteiger partial charge in [0.05, 0.1) is 13.2 Å². The molecule has 0 amide bonds. The standard InChI is InChI=1S/C6H11NO3/c1-8-4-5-10-6-7-2-3-9-6/h2-5H2,1H3. The van der Waals surface area contributed by atoms with E-state index in [4.69, 9.17) is 14.2 Å². The Hall–Kier alpha value is -0.770. The van der Waals surface area contributed by atoms with Crippen molar-refractivity contribution in [2.45, 2.75) is 0 Å². The Morgan fingerprint density at radius 3 is 3.10 bits per heavy atom. The van der Waals surface area contributed by atoms with E-state index in [1.807, 2.05) is 0 Å². The Labute approximate surface area is 59.8 Å². The molecule has 0 N–H and O–H groups in total. The lowest BCUT2D eigenvalue weighted by Gasteiger charge is -2.02. The van der Waals surface area contributed by atoms with Crippen LogP contribution >= 0.6 is 0 Å². The summed E-state index contributed by atoms with van der Waals surface area (Å²) in [7, 11) is 1.63. The molecule has 0 fully saturated rings. The molecular formula is C6H11NO3. The monoisotopic (exact) mass is 145 g/mol. The molecule has 0 aromatic carbocycles. The van der Waals surface area contributed by atoms with Crippen LogP contribution in [0.1, 0.15) is 0 Å². The Morgan fingerprint density at radius 1 is 1.60 bits per heavy atom. The van der Waals surface area contributed by atoms with E-state index in [1.54, 1.807) is 7.11 Å². The molecule has 0 bridgehead atoms. The fourth-order valence-electron chi connectivity index (χ4n) is 0.615. The smallest absolute Gasteiger partial charge is 0.383 e. The Morgan fingerprint density at radius 2 is 2.50 bits per heavy atom. The average Bonchev–Trinajstić information content (AvgIpc) is 2.41. The highest BCUT2D eigenvalue weighted by atomic mass is 16.7. The van der Waals surface area contributed by atoms with Gasteiger partial charge in [0.1, 0.15) is 13.2 Å². The first-order valence-electron chi connectivity index (χ1n) is 3.22. The second-order valence-corrected chi connectivity index (χ2v) is 1.84. The summed E-state index contributed by atoms with van der Waals surface area (Å²) in [5, 5.41) is 0. The molecule has 1 heterocycles. The zero-order valence-corrected chi connectivity index (χ0v) is 6.00. The molecule has 0 aromatic heterocycles.